The molecule has 0 spiro atoms. The molecule has 0 N–H and O–H groups in total. The van der Waals surface area contributed by atoms with Gasteiger partial charge in [0.05, 0.1) is 16.7 Å². The standard InChI is InChI=1S/C23H29N3O2/c1-5-26-18(3)22(17(2)24-26)21(28)11-14-25-15-12-23(13-16-25,19(4)27)20-9-7-6-8-10-20/h6-11,14H,5,12-13,15-16H2,1-4H3. The number of aromatic nitrogens is 2. The molecule has 3 rings (SSSR count). The summed E-state index contributed by atoms with van der Waals surface area (Å²) in [5, 5.41) is 4.43. The van der Waals surface area contributed by atoms with E-state index in [1.54, 1.807) is 13.0 Å². The van der Waals surface area contributed by atoms with Crippen molar-refractivity contribution in [3.63, 3.8) is 0 Å². The number of carbonyl (C=O) groups excluding carboxylic acids is 2. The van der Waals surface area contributed by atoms with Crippen LogP contribution < -0.4 is 0 Å². The fourth-order valence-electron chi connectivity index (χ4n) is 4.27. The largest absolute Gasteiger partial charge is 0.377 e. The first kappa shape index (κ1) is 20.1. The van der Waals surface area contributed by atoms with Crippen molar-refractivity contribution in [3.8, 4) is 0 Å². The molecule has 148 valence electrons. The first-order valence-corrected chi connectivity index (χ1v) is 9.96. The Hall–Kier alpha value is -2.69. The van der Waals surface area contributed by atoms with Crippen molar-refractivity contribution in [1.82, 2.24) is 14.7 Å². The molecule has 5 heteroatoms. The highest BCUT2D eigenvalue weighted by atomic mass is 16.1. The third kappa shape index (κ3) is 3.66. The third-order valence-corrected chi connectivity index (χ3v) is 6.02. The zero-order valence-corrected chi connectivity index (χ0v) is 17.2. The molecule has 1 aliphatic rings. The van der Waals surface area contributed by atoms with Gasteiger partial charge >= 0.3 is 0 Å². The molecule has 1 fully saturated rings. The van der Waals surface area contributed by atoms with E-state index in [9.17, 15) is 9.59 Å². The van der Waals surface area contributed by atoms with Crippen molar-refractivity contribution in [2.45, 2.75) is 52.5 Å². The summed E-state index contributed by atoms with van der Waals surface area (Å²) in [5.41, 5.74) is 3.06. The number of benzene rings is 1. The second-order valence-corrected chi connectivity index (χ2v) is 7.58. The molecule has 1 aromatic heterocycles. The average molecular weight is 380 g/mol. The molecule has 5 nitrogen and oxygen atoms in total. The van der Waals surface area contributed by atoms with Gasteiger partial charge in [0, 0.05) is 37.6 Å². The lowest BCUT2D eigenvalue weighted by Gasteiger charge is -2.40. The molecular weight excluding hydrogens is 350 g/mol. The molecule has 1 aromatic carbocycles. The normalized spacial score (nSPS) is 16.5. The van der Waals surface area contributed by atoms with E-state index >= 15 is 0 Å². The molecule has 1 saturated heterocycles. The first-order chi connectivity index (χ1) is 13.4. The number of carbonyl (C=O) groups is 2. The maximum atomic E-state index is 12.7. The van der Waals surface area contributed by atoms with Gasteiger partial charge in [-0.1, -0.05) is 30.3 Å². The van der Waals surface area contributed by atoms with Crippen LogP contribution in [0.1, 0.15) is 54.0 Å². The Labute approximate surface area is 167 Å². The lowest BCUT2D eigenvalue weighted by atomic mass is 9.70. The Morgan fingerprint density at radius 3 is 2.32 bits per heavy atom. The molecule has 2 heterocycles. The summed E-state index contributed by atoms with van der Waals surface area (Å²) in [7, 11) is 0. The van der Waals surface area contributed by atoms with Crippen molar-refractivity contribution in [1.29, 1.82) is 0 Å². The van der Waals surface area contributed by atoms with Crippen molar-refractivity contribution in [3.05, 3.63) is 65.1 Å². The highest BCUT2D eigenvalue weighted by Crippen LogP contribution is 2.36. The van der Waals surface area contributed by atoms with Gasteiger partial charge in [0.15, 0.2) is 5.78 Å². The van der Waals surface area contributed by atoms with E-state index in [1.807, 2.05) is 62.0 Å². The number of ketones is 2. The van der Waals surface area contributed by atoms with Gasteiger partial charge in [0.1, 0.15) is 5.78 Å². The van der Waals surface area contributed by atoms with Crippen LogP contribution in [0.4, 0.5) is 0 Å². The van der Waals surface area contributed by atoms with E-state index in [1.165, 1.54) is 0 Å². The molecule has 0 radical (unpaired) electrons. The van der Waals surface area contributed by atoms with Gasteiger partial charge in [0.25, 0.3) is 0 Å². The highest BCUT2D eigenvalue weighted by Gasteiger charge is 2.39. The molecule has 0 aliphatic carbocycles. The molecule has 0 saturated carbocycles. The summed E-state index contributed by atoms with van der Waals surface area (Å²) >= 11 is 0. The second kappa shape index (κ2) is 8.13. The Kier molecular flexibility index (Phi) is 5.82. The van der Waals surface area contributed by atoms with Gasteiger partial charge in [-0.2, -0.15) is 5.10 Å². The number of nitrogens with zero attached hydrogens (tertiary/aromatic N) is 3. The minimum atomic E-state index is -0.412. The summed E-state index contributed by atoms with van der Waals surface area (Å²) in [4.78, 5) is 27.3. The van der Waals surface area contributed by atoms with Gasteiger partial charge in [-0.15, -0.1) is 0 Å². The number of hydrogen-bond donors (Lipinski definition) is 0. The Balaban J connectivity index is 1.71. The molecule has 0 unspecified atom stereocenters. The van der Waals surface area contributed by atoms with Crippen LogP contribution >= 0.6 is 0 Å². The van der Waals surface area contributed by atoms with Gasteiger partial charge in [-0.3, -0.25) is 14.3 Å². The smallest absolute Gasteiger partial charge is 0.190 e. The Morgan fingerprint density at radius 1 is 1.14 bits per heavy atom. The van der Waals surface area contributed by atoms with Crippen LogP contribution in [0.25, 0.3) is 0 Å². The number of piperidine rings is 1. The number of aryl methyl sites for hydroxylation is 2. The second-order valence-electron chi connectivity index (χ2n) is 7.58. The van der Waals surface area contributed by atoms with E-state index < -0.39 is 5.41 Å². The Bertz CT molecular complexity index is 888. The van der Waals surface area contributed by atoms with Crippen LogP contribution in [0.3, 0.4) is 0 Å². The summed E-state index contributed by atoms with van der Waals surface area (Å²) in [6.45, 7) is 9.79. The van der Waals surface area contributed by atoms with Crippen LogP contribution in [0.15, 0.2) is 42.6 Å². The maximum absolute atomic E-state index is 12.7. The van der Waals surface area contributed by atoms with E-state index in [2.05, 4.69) is 10.00 Å². The third-order valence-electron chi connectivity index (χ3n) is 6.02. The van der Waals surface area contributed by atoms with E-state index in [0.29, 0.717) is 5.56 Å². The first-order valence-electron chi connectivity index (χ1n) is 9.96. The SMILES string of the molecule is CCn1nc(C)c(C(=O)C=CN2CCC(C(C)=O)(c3ccccc3)CC2)c1C. The van der Waals surface area contributed by atoms with Crippen LogP contribution in [-0.4, -0.2) is 39.3 Å². The van der Waals surface area contributed by atoms with Crippen molar-refractivity contribution in [2.75, 3.05) is 13.1 Å². The van der Waals surface area contributed by atoms with E-state index in [4.69, 9.17) is 0 Å². The lowest BCUT2D eigenvalue weighted by Crippen LogP contribution is -2.44. The molecule has 28 heavy (non-hydrogen) atoms. The van der Waals surface area contributed by atoms with E-state index in [0.717, 1.165) is 49.4 Å². The zero-order chi connectivity index (χ0) is 20.3. The van der Waals surface area contributed by atoms with Crippen molar-refractivity contribution in [2.24, 2.45) is 0 Å². The minimum Gasteiger partial charge on any atom is -0.377 e. The predicted molar refractivity (Wildman–Crippen MR) is 110 cm³/mol. The van der Waals surface area contributed by atoms with E-state index in [-0.39, 0.29) is 11.6 Å². The van der Waals surface area contributed by atoms with Crippen molar-refractivity contribution < 1.29 is 9.59 Å². The summed E-state index contributed by atoms with van der Waals surface area (Å²) in [6.07, 6.45) is 5.03. The van der Waals surface area contributed by atoms with Gasteiger partial charge in [-0.25, -0.2) is 0 Å². The molecule has 0 amide bonds. The van der Waals surface area contributed by atoms with Gasteiger partial charge < -0.3 is 4.90 Å². The number of allylic oxidation sites excluding steroid dienone is 1. The number of hydrogen-bond acceptors (Lipinski definition) is 4. The summed E-state index contributed by atoms with van der Waals surface area (Å²) in [6, 6.07) is 10.1. The fourth-order valence-corrected chi connectivity index (χ4v) is 4.27. The van der Waals surface area contributed by atoms with Gasteiger partial charge in [0.2, 0.25) is 0 Å². The summed E-state index contributed by atoms with van der Waals surface area (Å²) in [5.74, 6) is 0.206. The molecule has 0 bridgehead atoms. The predicted octanol–water partition coefficient (Wildman–Crippen LogP) is 3.84. The lowest BCUT2D eigenvalue weighted by molar-refractivity contribution is -0.124. The highest BCUT2D eigenvalue weighted by molar-refractivity contribution is 6.06. The van der Waals surface area contributed by atoms with Crippen LogP contribution in [-0.2, 0) is 16.8 Å². The molecular formula is C23H29N3O2. The quantitative estimate of drug-likeness (QED) is 0.565. The zero-order valence-electron chi connectivity index (χ0n) is 17.2. The Morgan fingerprint density at radius 2 is 1.79 bits per heavy atom. The number of Topliss-reactive ketones (excluding diaryl/α,β-unsaturated/α-hetero) is 1. The monoisotopic (exact) mass is 379 g/mol. The molecule has 2 aromatic rings. The number of rotatable bonds is 6. The fraction of sp³-hybridized carbons (Fsp3) is 0.435. The molecule has 0 atom stereocenters. The molecule has 1 aliphatic heterocycles. The summed E-state index contributed by atoms with van der Waals surface area (Å²) < 4.78 is 1.86. The van der Waals surface area contributed by atoms with Gasteiger partial charge in [-0.05, 0) is 46.1 Å². The minimum absolute atomic E-state index is 0.0128. The van der Waals surface area contributed by atoms with Crippen LogP contribution in [0, 0.1) is 13.8 Å². The maximum Gasteiger partial charge on any atom is 0.190 e. The topological polar surface area (TPSA) is 55.2 Å². The van der Waals surface area contributed by atoms with Crippen LogP contribution in [0.5, 0.6) is 0 Å². The average Bonchev–Trinajstić information content (AvgIpc) is 3.00. The van der Waals surface area contributed by atoms with Crippen LogP contribution in [0.2, 0.25) is 0 Å². The number of likely N-dealkylation sites (tertiary alicyclic amines) is 1. The van der Waals surface area contributed by atoms with Crippen molar-refractivity contribution >= 4 is 11.6 Å².